The Labute approximate surface area is 162 Å². The molecule has 27 heavy (non-hydrogen) atoms. The summed E-state index contributed by atoms with van der Waals surface area (Å²) in [5, 5.41) is 5.23. The van der Waals surface area contributed by atoms with E-state index < -0.39 is 17.9 Å². The highest BCUT2D eigenvalue weighted by Gasteiger charge is 2.32. The van der Waals surface area contributed by atoms with Crippen molar-refractivity contribution in [2.45, 2.75) is 26.3 Å². The van der Waals surface area contributed by atoms with Gasteiger partial charge in [0.05, 0.1) is 5.02 Å². The van der Waals surface area contributed by atoms with Crippen LogP contribution in [-0.4, -0.2) is 24.5 Å². The van der Waals surface area contributed by atoms with Crippen LogP contribution in [0.5, 0.6) is 0 Å². The molecule has 1 atom stereocenters. The molecule has 2 N–H and O–H groups in total. The molecule has 1 heterocycles. The smallest absolute Gasteiger partial charge is 0.319 e. The van der Waals surface area contributed by atoms with Crippen LogP contribution in [0.15, 0.2) is 42.5 Å². The van der Waals surface area contributed by atoms with Crippen molar-refractivity contribution in [3.8, 4) is 0 Å². The van der Waals surface area contributed by atoms with E-state index in [1.54, 1.807) is 4.90 Å². The molecule has 0 saturated carbocycles. The molecule has 2 aromatic carbocycles. The second-order valence-corrected chi connectivity index (χ2v) is 7.22. The molecule has 0 fully saturated rings. The largest absolute Gasteiger partial charge is 0.326 e. The summed E-state index contributed by atoms with van der Waals surface area (Å²) in [6.45, 7) is 4.34. The van der Waals surface area contributed by atoms with Crippen molar-refractivity contribution in [2.75, 3.05) is 16.8 Å². The summed E-state index contributed by atoms with van der Waals surface area (Å²) in [6, 6.07) is 10.4. The Morgan fingerprint density at radius 3 is 2.63 bits per heavy atom. The van der Waals surface area contributed by atoms with Crippen LogP contribution >= 0.6 is 11.6 Å². The Balaban J connectivity index is 1.71. The minimum absolute atomic E-state index is 0.0852. The molecule has 2 aromatic rings. The van der Waals surface area contributed by atoms with Gasteiger partial charge in [-0.2, -0.15) is 0 Å². The molecule has 0 bridgehead atoms. The van der Waals surface area contributed by atoms with Gasteiger partial charge in [0.25, 0.3) is 0 Å². The van der Waals surface area contributed by atoms with E-state index in [9.17, 15) is 14.0 Å². The second kappa shape index (κ2) is 7.96. The molecule has 3 amide bonds. The summed E-state index contributed by atoms with van der Waals surface area (Å²) in [5.74, 6) is -0.819. The molecule has 1 aliphatic heterocycles. The third kappa shape index (κ3) is 4.22. The first-order valence-corrected chi connectivity index (χ1v) is 9.16. The van der Waals surface area contributed by atoms with Crippen molar-refractivity contribution in [3.63, 3.8) is 0 Å². The summed E-state index contributed by atoms with van der Waals surface area (Å²) >= 11 is 5.73. The van der Waals surface area contributed by atoms with Crippen LogP contribution in [0.4, 0.5) is 20.6 Å². The van der Waals surface area contributed by atoms with Gasteiger partial charge in [-0.15, -0.1) is 0 Å². The van der Waals surface area contributed by atoms with Crippen molar-refractivity contribution in [2.24, 2.45) is 5.92 Å². The average Bonchev–Trinajstić information content (AvgIpc) is 3.06. The molecule has 0 aliphatic carbocycles. The van der Waals surface area contributed by atoms with Gasteiger partial charge in [0.2, 0.25) is 5.91 Å². The minimum Gasteiger partial charge on any atom is -0.326 e. The van der Waals surface area contributed by atoms with Gasteiger partial charge in [-0.05, 0) is 42.2 Å². The summed E-state index contributed by atoms with van der Waals surface area (Å²) in [4.78, 5) is 27.1. The van der Waals surface area contributed by atoms with Gasteiger partial charge < -0.3 is 15.5 Å². The third-order valence-corrected chi connectivity index (χ3v) is 4.84. The van der Waals surface area contributed by atoms with Crippen LogP contribution in [0.1, 0.15) is 19.4 Å². The van der Waals surface area contributed by atoms with Crippen LogP contribution in [0.3, 0.4) is 0 Å². The fourth-order valence-corrected chi connectivity index (χ4v) is 3.31. The SMILES string of the molecule is CC(C)[C@@H](NC(=O)Nc1ccc(F)c(Cl)c1)C(=O)N1CCc2ccccc21. The zero-order valence-corrected chi connectivity index (χ0v) is 15.9. The number of amides is 3. The number of carbonyl (C=O) groups excluding carboxylic acids is 2. The minimum atomic E-state index is -0.688. The lowest BCUT2D eigenvalue weighted by molar-refractivity contribution is -0.121. The monoisotopic (exact) mass is 389 g/mol. The van der Waals surface area contributed by atoms with E-state index in [-0.39, 0.29) is 16.8 Å². The van der Waals surface area contributed by atoms with Gasteiger partial charge in [0, 0.05) is 17.9 Å². The molecule has 0 aromatic heterocycles. The van der Waals surface area contributed by atoms with Gasteiger partial charge in [-0.1, -0.05) is 43.6 Å². The highest BCUT2D eigenvalue weighted by atomic mass is 35.5. The highest BCUT2D eigenvalue weighted by molar-refractivity contribution is 6.31. The number of hydrogen-bond acceptors (Lipinski definition) is 2. The van der Waals surface area contributed by atoms with Crippen molar-refractivity contribution >= 4 is 34.9 Å². The van der Waals surface area contributed by atoms with Crippen LogP contribution in [0.2, 0.25) is 5.02 Å². The standard InChI is InChI=1S/C20H21ClFN3O2/c1-12(2)18(19(26)25-10-9-13-5-3-4-6-17(13)25)24-20(27)23-14-7-8-16(22)15(21)11-14/h3-8,11-12,18H,9-10H2,1-2H3,(H2,23,24,27)/t18-/m1/s1. The number of benzene rings is 2. The summed E-state index contributed by atoms with van der Waals surface area (Å²) < 4.78 is 13.2. The van der Waals surface area contributed by atoms with Crippen molar-refractivity contribution in [1.82, 2.24) is 5.32 Å². The predicted molar refractivity (Wildman–Crippen MR) is 105 cm³/mol. The number of carbonyl (C=O) groups is 2. The molecule has 1 aliphatic rings. The first-order chi connectivity index (χ1) is 12.9. The first-order valence-electron chi connectivity index (χ1n) is 8.78. The predicted octanol–water partition coefficient (Wildman–Crippen LogP) is 4.21. The Morgan fingerprint density at radius 2 is 1.93 bits per heavy atom. The lowest BCUT2D eigenvalue weighted by Gasteiger charge is -2.27. The molecule has 0 saturated heterocycles. The summed E-state index contributed by atoms with van der Waals surface area (Å²) in [6.07, 6.45) is 0.799. The number of para-hydroxylation sites is 1. The molecular formula is C20H21ClFN3O2. The number of fused-ring (bicyclic) bond motifs is 1. The maximum Gasteiger partial charge on any atom is 0.319 e. The Kier molecular flexibility index (Phi) is 5.65. The number of halogens is 2. The van der Waals surface area contributed by atoms with E-state index in [0.717, 1.165) is 17.7 Å². The van der Waals surface area contributed by atoms with Crippen LogP contribution < -0.4 is 15.5 Å². The lowest BCUT2D eigenvalue weighted by Crippen LogP contribution is -2.52. The van der Waals surface area contributed by atoms with Crippen molar-refractivity contribution in [1.29, 1.82) is 0 Å². The molecule has 142 valence electrons. The molecule has 7 heteroatoms. The maximum atomic E-state index is 13.2. The van der Waals surface area contributed by atoms with Gasteiger partial charge in [0.1, 0.15) is 11.9 Å². The molecule has 0 radical (unpaired) electrons. The lowest BCUT2D eigenvalue weighted by atomic mass is 10.0. The molecule has 0 unspecified atom stereocenters. The topological polar surface area (TPSA) is 61.4 Å². The molecule has 3 rings (SSSR count). The number of nitrogens with one attached hydrogen (secondary N) is 2. The maximum absolute atomic E-state index is 13.2. The van der Waals surface area contributed by atoms with E-state index in [1.165, 1.54) is 18.2 Å². The van der Waals surface area contributed by atoms with E-state index >= 15 is 0 Å². The van der Waals surface area contributed by atoms with Gasteiger partial charge >= 0.3 is 6.03 Å². The highest BCUT2D eigenvalue weighted by Crippen LogP contribution is 2.28. The number of nitrogens with zero attached hydrogens (tertiary/aromatic N) is 1. The summed E-state index contributed by atoms with van der Waals surface area (Å²) in [7, 11) is 0. The number of urea groups is 1. The van der Waals surface area contributed by atoms with E-state index in [0.29, 0.717) is 12.2 Å². The van der Waals surface area contributed by atoms with E-state index in [2.05, 4.69) is 10.6 Å². The fourth-order valence-electron chi connectivity index (χ4n) is 3.13. The van der Waals surface area contributed by atoms with Crippen LogP contribution in [0.25, 0.3) is 0 Å². The first kappa shape index (κ1) is 19.2. The molecular weight excluding hydrogens is 369 g/mol. The summed E-state index contributed by atoms with van der Waals surface area (Å²) in [5.41, 5.74) is 2.36. The van der Waals surface area contributed by atoms with Crippen molar-refractivity contribution in [3.05, 3.63) is 58.9 Å². The number of rotatable bonds is 4. The van der Waals surface area contributed by atoms with Crippen LogP contribution in [-0.2, 0) is 11.2 Å². The van der Waals surface area contributed by atoms with Gasteiger partial charge in [-0.3, -0.25) is 4.79 Å². The fraction of sp³-hybridized carbons (Fsp3) is 0.300. The number of anilines is 2. The quantitative estimate of drug-likeness (QED) is 0.822. The van der Waals surface area contributed by atoms with Crippen molar-refractivity contribution < 1.29 is 14.0 Å². The Hall–Kier alpha value is -2.60. The van der Waals surface area contributed by atoms with E-state index in [1.807, 2.05) is 38.1 Å². The molecule has 5 nitrogen and oxygen atoms in total. The average molecular weight is 390 g/mol. The Morgan fingerprint density at radius 1 is 1.19 bits per heavy atom. The zero-order chi connectivity index (χ0) is 19.6. The van der Waals surface area contributed by atoms with Gasteiger partial charge in [0.15, 0.2) is 0 Å². The van der Waals surface area contributed by atoms with Crippen LogP contribution in [0, 0.1) is 11.7 Å². The number of hydrogen-bond donors (Lipinski definition) is 2. The second-order valence-electron chi connectivity index (χ2n) is 6.82. The Bertz CT molecular complexity index is 872. The zero-order valence-electron chi connectivity index (χ0n) is 15.1. The molecule has 0 spiro atoms. The van der Waals surface area contributed by atoms with Gasteiger partial charge in [-0.25, -0.2) is 9.18 Å². The normalized spacial score (nSPS) is 14.0. The van der Waals surface area contributed by atoms with E-state index in [4.69, 9.17) is 11.6 Å². The third-order valence-electron chi connectivity index (χ3n) is 4.55.